The zero-order chi connectivity index (χ0) is 61.2. The van der Waals surface area contributed by atoms with Gasteiger partial charge in [0.25, 0.3) is 0 Å². The van der Waals surface area contributed by atoms with E-state index >= 15 is 0 Å². The summed E-state index contributed by atoms with van der Waals surface area (Å²) in [5.41, 5.74) is 0.500. The molecule has 0 aliphatic carbocycles. The van der Waals surface area contributed by atoms with E-state index in [0.29, 0.717) is 5.41 Å². The highest BCUT2D eigenvalue weighted by Crippen LogP contribution is 2.08. The van der Waals surface area contributed by atoms with Crippen molar-refractivity contribution in [2.45, 2.75) is 111 Å². The van der Waals surface area contributed by atoms with Gasteiger partial charge in [0.15, 0.2) is 0 Å². The molecule has 3 heteroatoms. The quantitative estimate of drug-likeness (QED) is 0.201. The maximum atomic E-state index is 4.94. The third-order valence-corrected chi connectivity index (χ3v) is 3.82. The summed E-state index contributed by atoms with van der Waals surface area (Å²) in [6.07, 6.45) is 4.94. The van der Waals surface area contributed by atoms with Crippen LogP contribution in [0.4, 0.5) is 0 Å². The van der Waals surface area contributed by atoms with Crippen LogP contribution in [0.2, 0.25) is 0 Å². The van der Waals surface area contributed by atoms with Gasteiger partial charge in [0, 0.05) is 260 Å². The van der Waals surface area contributed by atoms with Crippen molar-refractivity contribution in [3.05, 3.63) is 0 Å². The fourth-order valence-electron chi connectivity index (χ4n) is 1.88. The molecular formula is C80H62N3+3. The monoisotopic (exact) mass is 1060 g/mol. The van der Waals surface area contributed by atoms with E-state index in [0.717, 1.165) is 5.92 Å². The molecular weight excluding hydrogens is 1000 g/mol. The van der Waals surface area contributed by atoms with Crippen molar-refractivity contribution in [1.82, 2.24) is 18.5 Å². The van der Waals surface area contributed by atoms with E-state index in [2.05, 4.69) is 410 Å². The average Bonchev–Trinajstić information content (AvgIpc) is 3.45. The molecule has 0 unspecified atom stereocenters. The van der Waals surface area contributed by atoms with Gasteiger partial charge < -0.3 is 18.5 Å². The Balaban J connectivity index is -0.000000296. The molecule has 0 bridgehead atoms. The van der Waals surface area contributed by atoms with Crippen LogP contribution in [0, 0.1) is 379 Å². The van der Waals surface area contributed by atoms with Gasteiger partial charge in [0.2, 0.25) is 0 Å². The van der Waals surface area contributed by atoms with Gasteiger partial charge in [-0.25, -0.2) is 0 Å². The van der Waals surface area contributed by atoms with Crippen molar-refractivity contribution in [2.75, 3.05) is 0 Å². The highest BCUT2D eigenvalue weighted by atomic mass is 14.0. The average molecular weight is 1070 g/mol. The van der Waals surface area contributed by atoms with Gasteiger partial charge >= 0.3 is 0 Å². The molecule has 83 heavy (non-hydrogen) atoms. The van der Waals surface area contributed by atoms with Gasteiger partial charge in [-0.05, 0) is 113 Å². The zero-order valence-electron chi connectivity index (χ0n) is 51.2. The van der Waals surface area contributed by atoms with Crippen LogP contribution in [0.3, 0.4) is 0 Å². The maximum absolute atomic E-state index is 4.94. The van der Waals surface area contributed by atoms with E-state index in [9.17, 15) is 0 Å². The lowest BCUT2D eigenvalue weighted by atomic mass is 10.0. The van der Waals surface area contributed by atoms with Crippen LogP contribution in [0.5, 0.6) is 0 Å². The predicted octanol–water partition coefficient (Wildman–Crippen LogP) is 9.69. The van der Waals surface area contributed by atoms with Crippen molar-refractivity contribution in [2.24, 2.45) is 11.3 Å². The first-order valence-electron chi connectivity index (χ1n) is 23.5. The van der Waals surface area contributed by atoms with Gasteiger partial charge in [0.1, 0.15) is 0 Å². The number of hydrogen-bond acceptors (Lipinski definition) is 0. The van der Waals surface area contributed by atoms with Crippen LogP contribution in [0.1, 0.15) is 111 Å². The minimum atomic E-state index is 0. The standard InChI is InChI=1S/C63H4.C5H12.C4H10.4C2H6.3H3N/c1-3-5-7-9-11-13-15-17-19-21-23-25-27-29-31-33-35-37-39-41-43-45-47-49-51-53-55-57-59-61-63-62-60-58-56-54-52-50-48-46-44-42-40-38-36-34-32-30-28-26-24-22-20-18-16-14-12-10-8-6-4-2;1-5(2,3)4;1-4(2)3;4*1-2;;;/h1H,2H3;1-4H3;4H,1-3H3;4*1-2H3;3*1H3/p+3. The molecule has 0 aliphatic heterocycles. The van der Waals surface area contributed by atoms with Crippen molar-refractivity contribution >= 4 is 0 Å². The van der Waals surface area contributed by atoms with Gasteiger partial charge in [0.05, 0.1) is 0 Å². The Hall–Kier alpha value is -13.8. The Labute approximate surface area is 505 Å². The Morgan fingerprint density at radius 1 is 0.193 bits per heavy atom. The minimum absolute atomic E-state index is 0. The first-order chi connectivity index (χ1) is 39.1. The Bertz CT molecular complexity index is 4210. The van der Waals surface area contributed by atoms with Crippen molar-refractivity contribution in [3.63, 3.8) is 0 Å². The lowest BCUT2D eigenvalue weighted by molar-refractivity contribution is 0.469. The fraction of sp³-hybridized carbons (Fsp3) is 0.225. The van der Waals surface area contributed by atoms with Crippen LogP contribution in [0.25, 0.3) is 0 Å². The van der Waals surface area contributed by atoms with E-state index in [1.807, 2.05) is 55.4 Å². The molecule has 0 saturated heterocycles. The van der Waals surface area contributed by atoms with Crippen LogP contribution < -0.4 is 18.5 Å². The molecule has 0 amide bonds. The van der Waals surface area contributed by atoms with Crippen LogP contribution in [0.15, 0.2) is 0 Å². The lowest BCUT2D eigenvalue weighted by Crippen LogP contribution is -1.93. The van der Waals surface area contributed by atoms with E-state index in [1.165, 1.54) is 0 Å². The highest BCUT2D eigenvalue weighted by Gasteiger charge is 1.95. The third-order valence-electron chi connectivity index (χ3n) is 3.82. The topological polar surface area (TPSA) is 110 Å². The summed E-state index contributed by atoms with van der Waals surface area (Å²) in [6, 6.07) is 0. The second-order valence-electron chi connectivity index (χ2n) is 12.5. The molecule has 0 spiro atoms. The Morgan fingerprint density at radius 2 is 0.253 bits per heavy atom. The van der Waals surface area contributed by atoms with Crippen molar-refractivity contribution in [3.8, 4) is 368 Å². The largest absolute Gasteiger partial charge is 0.369 e. The predicted molar refractivity (Wildman–Crippen MR) is 357 cm³/mol. The first-order valence-corrected chi connectivity index (χ1v) is 23.5. The smallest absolute Gasteiger partial charge is 0 e. The molecule has 394 valence electrons. The number of terminal acetylenes is 1. The molecule has 0 fully saturated rings. The van der Waals surface area contributed by atoms with Gasteiger partial charge in [-0.3, -0.25) is 0 Å². The molecule has 0 radical (unpaired) electrons. The fourth-order valence-corrected chi connectivity index (χ4v) is 1.88. The van der Waals surface area contributed by atoms with Gasteiger partial charge in [-0.15, -0.1) is 6.42 Å². The zero-order valence-corrected chi connectivity index (χ0v) is 51.2. The number of quaternary nitrogens is 3. The summed E-state index contributed by atoms with van der Waals surface area (Å²) in [5.74, 6) is 153. The molecule has 0 atom stereocenters. The number of hydrogen-bond donors (Lipinski definition) is 3. The second-order valence-corrected chi connectivity index (χ2v) is 12.5. The van der Waals surface area contributed by atoms with Gasteiger partial charge in [-0.1, -0.05) is 110 Å². The van der Waals surface area contributed by atoms with Gasteiger partial charge in [-0.2, -0.15) is 0 Å². The Morgan fingerprint density at radius 3 is 0.313 bits per heavy atom. The molecule has 0 rings (SSSR count). The molecule has 0 heterocycles. The molecule has 0 aromatic heterocycles. The van der Waals surface area contributed by atoms with E-state index in [-0.39, 0.29) is 18.5 Å². The summed E-state index contributed by atoms with van der Waals surface area (Å²) in [7, 11) is 0. The van der Waals surface area contributed by atoms with Crippen LogP contribution >= 0.6 is 0 Å². The summed E-state index contributed by atoms with van der Waals surface area (Å²) >= 11 is 0. The summed E-state index contributed by atoms with van der Waals surface area (Å²) < 4.78 is 0. The maximum Gasteiger partial charge on any atom is 0 e. The third kappa shape index (κ3) is 140. The molecule has 0 aromatic rings. The summed E-state index contributed by atoms with van der Waals surface area (Å²) in [4.78, 5) is 0. The molecule has 0 aliphatic rings. The first kappa shape index (κ1) is 91.9. The molecule has 0 aromatic carbocycles. The van der Waals surface area contributed by atoms with Crippen LogP contribution in [-0.2, 0) is 0 Å². The van der Waals surface area contributed by atoms with E-state index in [1.54, 1.807) is 6.92 Å². The van der Waals surface area contributed by atoms with Crippen LogP contribution in [-0.4, -0.2) is 0 Å². The van der Waals surface area contributed by atoms with Crippen molar-refractivity contribution < 1.29 is 0 Å². The molecule has 12 N–H and O–H groups in total. The van der Waals surface area contributed by atoms with E-state index < -0.39 is 0 Å². The second kappa shape index (κ2) is 97.5. The Kier molecular flexibility index (Phi) is 108. The lowest BCUT2D eigenvalue weighted by Gasteiger charge is -2.05. The molecule has 3 nitrogen and oxygen atoms in total. The summed E-state index contributed by atoms with van der Waals surface area (Å²) in [6.45, 7) is 32.9. The SMILES string of the molecule is C#CC#CC#CC#CC#CC#CC#CC#CC#CC#CC#CC#CC#CC#CC#CC#CC#CC#CC#CC#CC#CC#CC#CC#CC#CC#CC#CC#CC#CC#CC#CC.CC.CC.CC.CC.CC(C)(C)C.CC(C)C.[NH4+].[NH4+].[NH4+]. The minimum Gasteiger partial charge on any atom is -0.369 e. The number of rotatable bonds is 0. The van der Waals surface area contributed by atoms with Crippen molar-refractivity contribution in [1.29, 1.82) is 0 Å². The normalized spacial score (nSPS) is 4.43. The summed E-state index contributed by atoms with van der Waals surface area (Å²) in [5, 5.41) is 0. The van der Waals surface area contributed by atoms with E-state index in [4.69, 9.17) is 6.42 Å². The highest BCUT2D eigenvalue weighted by molar-refractivity contribution is 5.52. The molecule has 0 saturated carbocycles.